The molecule has 0 N–H and O–H groups in total. The van der Waals surface area contributed by atoms with Crippen LogP contribution in [0.2, 0.25) is 0 Å². The molecule has 8 heteroatoms. The Labute approximate surface area is 164 Å². The summed E-state index contributed by atoms with van der Waals surface area (Å²) >= 11 is 5.22. The third-order valence-electron chi connectivity index (χ3n) is 4.99. The number of nitriles is 1. The number of aromatic nitrogens is 1. The van der Waals surface area contributed by atoms with E-state index in [2.05, 4.69) is 31.9 Å². The summed E-state index contributed by atoms with van der Waals surface area (Å²) < 4.78 is 8.30. The molecule has 136 valence electrons. The number of nitrogens with zero attached hydrogens (tertiary/aromatic N) is 4. The van der Waals surface area contributed by atoms with Crippen LogP contribution in [0.3, 0.4) is 0 Å². The van der Waals surface area contributed by atoms with E-state index in [0.717, 1.165) is 40.4 Å². The van der Waals surface area contributed by atoms with Gasteiger partial charge in [-0.05, 0) is 41.3 Å². The van der Waals surface area contributed by atoms with Crippen LogP contribution in [0.25, 0.3) is 10.1 Å². The van der Waals surface area contributed by atoms with Crippen molar-refractivity contribution in [1.29, 1.82) is 5.26 Å². The molecule has 0 aromatic carbocycles. The summed E-state index contributed by atoms with van der Waals surface area (Å²) in [5.74, 6) is 0.702. The molecule has 2 aliphatic rings. The molecule has 2 fully saturated rings. The zero-order valence-electron chi connectivity index (χ0n) is 14.2. The predicted molar refractivity (Wildman–Crippen MR) is 103 cm³/mol. The van der Waals surface area contributed by atoms with Crippen molar-refractivity contribution in [2.24, 2.45) is 0 Å². The Bertz CT molecular complexity index is 864. The van der Waals surface area contributed by atoms with E-state index in [1.54, 1.807) is 22.4 Å². The van der Waals surface area contributed by atoms with Gasteiger partial charge in [-0.15, -0.1) is 11.3 Å². The molecular weight excluding hydrogens is 416 g/mol. The summed E-state index contributed by atoms with van der Waals surface area (Å²) in [5.41, 5.74) is 0. The van der Waals surface area contributed by atoms with Crippen molar-refractivity contribution >= 4 is 43.3 Å². The number of carbonyl (C=O) groups excluding carboxylic acids is 1. The summed E-state index contributed by atoms with van der Waals surface area (Å²) in [6.07, 6.45) is 4.37. The standard InChI is InChI=1S/C18H19BrN4O2S/c19-14-11-26-15-3-5-21-18(17(14)15)25-13-4-7-22(9-13)10-16(24)23-6-1-2-12(23)8-20/h3,5,11-13H,1-2,4,6-7,9-10H2/t12-,13-/m0/s1. The van der Waals surface area contributed by atoms with Gasteiger partial charge in [0.05, 0.1) is 18.0 Å². The van der Waals surface area contributed by atoms with Gasteiger partial charge in [0.25, 0.3) is 0 Å². The summed E-state index contributed by atoms with van der Waals surface area (Å²) in [7, 11) is 0. The van der Waals surface area contributed by atoms with Crippen LogP contribution in [0.4, 0.5) is 0 Å². The van der Waals surface area contributed by atoms with Crippen molar-refractivity contribution in [1.82, 2.24) is 14.8 Å². The number of thiophene rings is 1. The second-order valence-corrected chi connectivity index (χ2v) is 8.48. The van der Waals surface area contributed by atoms with Crippen molar-refractivity contribution in [2.45, 2.75) is 31.4 Å². The molecule has 0 unspecified atom stereocenters. The molecule has 2 aromatic rings. The molecule has 0 radical (unpaired) electrons. The highest BCUT2D eigenvalue weighted by atomic mass is 79.9. The SMILES string of the molecule is N#C[C@@H]1CCCN1C(=O)CN1CC[C@H](Oc2nccc3scc(Br)c23)C1. The van der Waals surface area contributed by atoms with Gasteiger partial charge in [-0.3, -0.25) is 9.69 Å². The Morgan fingerprint density at radius 1 is 1.46 bits per heavy atom. The third kappa shape index (κ3) is 3.43. The lowest BCUT2D eigenvalue weighted by molar-refractivity contribution is -0.132. The molecule has 4 heterocycles. The average molecular weight is 435 g/mol. The Hall–Kier alpha value is -1.69. The number of ether oxygens (including phenoxy) is 1. The third-order valence-corrected chi connectivity index (χ3v) is 6.87. The predicted octanol–water partition coefficient (Wildman–Crippen LogP) is 3.03. The van der Waals surface area contributed by atoms with Gasteiger partial charge in [-0.25, -0.2) is 4.98 Å². The normalized spacial score (nSPS) is 23.5. The minimum atomic E-state index is -0.255. The molecule has 0 bridgehead atoms. The van der Waals surface area contributed by atoms with Crippen LogP contribution in [0.15, 0.2) is 22.1 Å². The first-order valence-corrected chi connectivity index (χ1v) is 10.4. The quantitative estimate of drug-likeness (QED) is 0.739. The van der Waals surface area contributed by atoms with Crippen molar-refractivity contribution in [3.63, 3.8) is 0 Å². The smallest absolute Gasteiger partial charge is 0.237 e. The second-order valence-electron chi connectivity index (χ2n) is 6.71. The molecule has 4 rings (SSSR count). The van der Waals surface area contributed by atoms with Gasteiger partial charge in [-0.2, -0.15) is 5.26 Å². The van der Waals surface area contributed by atoms with E-state index in [-0.39, 0.29) is 18.1 Å². The highest BCUT2D eigenvalue weighted by Crippen LogP contribution is 2.36. The molecule has 0 spiro atoms. The number of carbonyl (C=O) groups is 1. The fourth-order valence-electron chi connectivity index (χ4n) is 3.68. The van der Waals surface area contributed by atoms with Gasteiger partial charge < -0.3 is 9.64 Å². The fourth-order valence-corrected chi connectivity index (χ4v) is 5.28. The van der Waals surface area contributed by atoms with E-state index < -0.39 is 0 Å². The maximum absolute atomic E-state index is 12.5. The van der Waals surface area contributed by atoms with Crippen molar-refractivity contribution in [3.8, 4) is 11.9 Å². The molecule has 26 heavy (non-hydrogen) atoms. The van der Waals surface area contributed by atoms with Crippen LogP contribution in [0, 0.1) is 11.3 Å². The first-order chi connectivity index (χ1) is 12.7. The zero-order valence-corrected chi connectivity index (χ0v) is 16.6. The number of rotatable bonds is 4. The lowest BCUT2D eigenvalue weighted by atomic mass is 10.2. The lowest BCUT2D eigenvalue weighted by Gasteiger charge is -2.23. The van der Waals surface area contributed by atoms with Crippen LogP contribution in [0.5, 0.6) is 5.88 Å². The van der Waals surface area contributed by atoms with E-state index in [4.69, 9.17) is 10.00 Å². The van der Waals surface area contributed by atoms with Gasteiger partial charge in [0.2, 0.25) is 11.8 Å². The van der Waals surface area contributed by atoms with Crippen LogP contribution in [-0.4, -0.2) is 59.0 Å². The van der Waals surface area contributed by atoms with Gasteiger partial charge >= 0.3 is 0 Å². The number of pyridine rings is 1. The molecule has 0 aliphatic carbocycles. The Balaban J connectivity index is 1.37. The molecule has 2 atom stereocenters. The first-order valence-electron chi connectivity index (χ1n) is 8.75. The number of fused-ring (bicyclic) bond motifs is 1. The van der Waals surface area contributed by atoms with E-state index in [1.807, 2.05) is 11.4 Å². The highest BCUT2D eigenvalue weighted by Gasteiger charge is 2.32. The average Bonchev–Trinajstić information content (AvgIpc) is 3.36. The zero-order chi connectivity index (χ0) is 18.1. The topological polar surface area (TPSA) is 69.5 Å². The Morgan fingerprint density at radius 2 is 2.35 bits per heavy atom. The molecule has 6 nitrogen and oxygen atoms in total. The minimum absolute atomic E-state index is 0.0260. The van der Waals surface area contributed by atoms with E-state index in [1.165, 1.54) is 0 Å². The second kappa shape index (κ2) is 7.51. The summed E-state index contributed by atoms with van der Waals surface area (Å²) in [6, 6.07) is 3.96. The summed E-state index contributed by atoms with van der Waals surface area (Å²) in [6.45, 7) is 2.58. The van der Waals surface area contributed by atoms with Crippen LogP contribution < -0.4 is 4.74 Å². The fraction of sp³-hybridized carbons (Fsp3) is 0.500. The molecule has 2 saturated heterocycles. The monoisotopic (exact) mass is 434 g/mol. The molecule has 2 aliphatic heterocycles. The number of halogens is 1. The molecule has 1 amide bonds. The van der Waals surface area contributed by atoms with E-state index >= 15 is 0 Å². The van der Waals surface area contributed by atoms with Gasteiger partial charge in [0.1, 0.15) is 12.1 Å². The van der Waals surface area contributed by atoms with Crippen LogP contribution in [-0.2, 0) is 4.79 Å². The number of amides is 1. The maximum Gasteiger partial charge on any atom is 0.237 e. The summed E-state index contributed by atoms with van der Waals surface area (Å²) in [5, 5.41) is 12.2. The summed E-state index contributed by atoms with van der Waals surface area (Å²) in [4.78, 5) is 20.7. The van der Waals surface area contributed by atoms with Crippen LogP contribution in [0.1, 0.15) is 19.3 Å². The molecule has 2 aromatic heterocycles. The first kappa shape index (κ1) is 17.7. The number of likely N-dealkylation sites (tertiary alicyclic amines) is 2. The van der Waals surface area contributed by atoms with Crippen LogP contribution >= 0.6 is 27.3 Å². The van der Waals surface area contributed by atoms with Crippen molar-refractivity contribution < 1.29 is 9.53 Å². The largest absolute Gasteiger partial charge is 0.472 e. The molecular formula is C18H19BrN4O2S. The molecule has 0 saturated carbocycles. The minimum Gasteiger partial charge on any atom is -0.472 e. The highest BCUT2D eigenvalue weighted by molar-refractivity contribution is 9.10. The van der Waals surface area contributed by atoms with E-state index in [0.29, 0.717) is 25.5 Å². The van der Waals surface area contributed by atoms with E-state index in [9.17, 15) is 4.79 Å². The van der Waals surface area contributed by atoms with Gasteiger partial charge in [-0.1, -0.05) is 0 Å². The van der Waals surface area contributed by atoms with Crippen molar-refractivity contribution in [2.75, 3.05) is 26.2 Å². The maximum atomic E-state index is 12.5. The van der Waals surface area contributed by atoms with Crippen molar-refractivity contribution in [3.05, 3.63) is 22.1 Å². The van der Waals surface area contributed by atoms with Gasteiger partial charge in [0, 0.05) is 40.4 Å². The lowest BCUT2D eigenvalue weighted by Crippen LogP contribution is -2.42. The Kier molecular flexibility index (Phi) is 5.11. The number of hydrogen-bond donors (Lipinski definition) is 0. The number of hydrogen-bond acceptors (Lipinski definition) is 6. The Morgan fingerprint density at radius 3 is 3.19 bits per heavy atom. The van der Waals surface area contributed by atoms with Gasteiger partial charge in [0.15, 0.2) is 0 Å².